The lowest BCUT2D eigenvalue weighted by molar-refractivity contribution is -0.131. The first-order valence-electron chi connectivity index (χ1n) is 12.9. The molecule has 6 nitrogen and oxygen atoms in total. The predicted octanol–water partition coefficient (Wildman–Crippen LogP) is 4.42. The average molecular weight is 483 g/mol. The molecule has 3 heterocycles. The second-order valence-corrected chi connectivity index (χ2v) is 10.7. The first kappa shape index (κ1) is 21.7. The average Bonchev–Trinajstić information content (AvgIpc) is 3.82. The zero-order valence-electron chi connectivity index (χ0n) is 20.0. The largest absolute Gasteiger partial charge is 0.342 e. The van der Waals surface area contributed by atoms with E-state index in [1.54, 1.807) is 17.2 Å². The van der Waals surface area contributed by atoms with E-state index in [2.05, 4.69) is 4.98 Å². The van der Waals surface area contributed by atoms with Crippen LogP contribution in [-0.4, -0.2) is 57.6 Å². The molecule has 0 radical (unpaired) electrons. The van der Waals surface area contributed by atoms with Gasteiger partial charge in [-0.2, -0.15) is 0 Å². The van der Waals surface area contributed by atoms with E-state index in [1.165, 1.54) is 6.07 Å². The van der Waals surface area contributed by atoms with Crippen LogP contribution in [0.15, 0.2) is 59.7 Å². The molecule has 36 heavy (non-hydrogen) atoms. The van der Waals surface area contributed by atoms with Gasteiger partial charge in [0.25, 0.3) is 5.91 Å². The highest BCUT2D eigenvalue weighted by atomic mass is 19.1. The zero-order valence-corrected chi connectivity index (χ0v) is 20.0. The highest BCUT2D eigenvalue weighted by molar-refractivity contribution is 6.16. The Hall–Kier alpha value is -3.61. The highest BCUT2D eigenvalue weighted by Gasteiger charge is 2.58. The maximum atomic E-state index is 15.7. The number of aromatic nitrogens is 1. The molecular weight excluding hydrogens is 455 g/mol. The van der Waals surface area contributed by atoms with Crippen molar-refractivity contribution in [2.24, 2.45) is 16.8 Å². The molecule has 7 heteroatoms. The standard InChI is InChI=1S/C29H27FN4O2/c30-24-15-20(21-3-1-5-25-22(21)4-2-13-31-25)8-9-23(24)26-32-29(11-12-29)28(36)34(26)17-18-10-14-33(16-18)27(35)19-6-7-19/h1-5,8-9,13,15,18-19H,6-7,10-12,14,16-17H2/t18-/m1/s1. The molecule has 2 aliphatic heterocycles. The number of pyridine rings is 1. The van der Waals surface area contributed by atoms with Gasteiger partial charge in [-0.25, -0.2) is 4.39 Å². The van der Waals surface area contributed by atoms with Gasteiger partial charge in [-0.05, 0) is 73.4 Å². The van der Waals surface area contributed by atoms with Crippen molar-refractivity contribution < 1.29 is 14.0 Å². The number of amides is 2. The molecule has 1 aromatic heterocycles. The van der Waals surface area contributed by atoms with Crippen molar-refractivity contribution in [2.45, 2.75) is 37.6 Å². The summed E-state index contributed by atoms with van der Waals surface area (Å²) in [5, 5.41) is 0.964. The number of carbonyl (C=O) groups is 2. The molecule has 2 saturated carbocycles. The molecule has 0 unspecified atom stereocenters. The maximum Gasteiger partial charge on any atom is 0.256 e. The number of rotatable bonds is 5. The summed E-state index contributed by atoms with van der Waals surface area (Å²) in [6, 6.07) is 14.9. The van der Waals surface area contributed by atoms with Gasteiger partial charge >= 0.3 is 0 Å². The molecule has 1 saturated heterocycles. The molecule has 1 atom stereocenters. The van der Waals surface area contributed by atoms with Crippen LogP contribution in [0.25, 0.3) is 22.0 Å². The molecule has 0 bridgehead atoms. The molecule has 2 aromatic carbocycles. The Labute approximate surface area is 208 Å². The molecule has 3 fully saturated rings. The summed E-state index contributed by atoms with van der Waals surface area (Å²) in [5.41, 5.74) is 2.19. The smallest absolute Gasteiger partial charge is 0.256 e. The van der Waals surface area contributed by atoms with Gasteiger partial charge in [-0.1, -0.05) is 24.3 Å². The van der Waals surface area contributed by atoms with E-state index in [-0.39, 0.29) is 29.5 Å². The van der Waals surface area contributed by atoms with Crippen molar-refractivity contribution >= 4 is 28.6 Å². The van der Waals surface area contributed by atoms with Crippen molar-refractivity contribution in [2.75, 3.05) is 19.6 Å². The van der Waals surface area contributed by atoms with E-state index in [0.717, 1.165) is 47.8 Å². The Morgan fingerprint density at radius 1 is 1.06 bits per heavy atom. The number of benzene rings is 2. The van der Waals surface area contributed by atoms with Crippen LogP contribution in [0.4, 0.5) is 4.39 Å². The van der Waals surface area contributed by atoms with Gasteiger partial charge in [0.15, 0.2) is 0 Å². The number of halogens is 1. The summed E-state index contributed by atoms with van der Waals surface area (Å²) in [5.74, 6) is 0.666. The molecule has 4 aliphatic rings. The van der Waals surface area contributed by atoms with Crippen LogP contribution in [-0.2, 0) is 9.59 Å². The minimum absolute atomic E-state index is 0.0203. The fraction of sp³-hybridized carbons (Fsp3) is 0.379. The predicted molar refractivity (Wildman–Crippen MR) is 135 cm³/mol. The van der Waals surface area contributed by atoms with Crippen LogP contribution in [0.5, 0.6) is 0 Å². The minimum Gasteiger partial charge on any atom is -0.342 e. The van der Waals surface area contributed by atoms with Crippen LogP contribution >= 0.6 is 0 Å². The summed E-state index contributed by atoms with van der Waals surface area (Å²) in [6.07, 6.45) is 6.03. The van der Waals surface area contributed by atoms with Crippen molar-refractivity contribution in [3.8, 4) is 11.1 Å². The zero-order chi connectivity index (χ0) is 24.4. The van der Waals surface area contributed by atoms with Gasteiger partial charge in [0.05, 0.1) is 11.1 Å². The van der Waals surface area contributed by atoms with E-state index in [1.807, 2.05) is 41.3 Å². The first-order chi connectivity index (χ1) is 17.5. The van der Waals surface area contributed by atoms with Gasteiger partial charge in [0.1, 0.15) is 17.2 Å². The fourth-order valence-corrected chi connectivity index (χ4v) is 5.72. The SMILES string of the molecule is O=C(C1CC1)N1CC[C@@H](CN2C(=O)C3(CC3)N=C2c2ccc(-c3cccc4ncccc34)cc2F)C1. The first-order valence-corrected chi connectivity index (χ1v) is 12.9. The summed E-state index contributed by atoms with van der Waals surface area (Å²) < 4.78 is 15.7. The fourth-order valence-electron chi connectivity index (χ4n) is 5.72. The summed E-state index contributed by atoms with van der Waals surface area (Å²) in [6.45, 7) is 1.88. The second-order valence-electron chi connectivity index (χ2n) is 10.7. The van der Waals surface area contributed by atoms with Gasteiger partial charge in [0, 0.05) is 37.1 Å². The number of hydrogen-bond donors (Lipinski definition) is 0. The monoisotopic (exact) mass is 482 g/mol. The molecule has 7 rings (SSSR count). The summed E-state index contributed by atoms with van der Waals surface area (Å²) in [7, 11) is 0. The number of fused-ring (bicyclic) bond motifs is 1. The minimum atomic E-state index is -0.704. The number of hydrogen-bond acceptors (Lipinski definition) is 4. The van der Waals surface area contributed by atoms with E-state index >= 15 is 4.39 Å². The Kier molecular flexibility index (Phi) is 4.78. The van der Waals surface area contributed by atoms with Gasteiger partial charge in [0.2, 0.25) is 5.91 Å². The molecule has 182 valence electrons. The second kappa shape index (κ2) is 7.95. The number of amidine groups is 1. The van der Waals surface area contributed by atoms with E-state index < -0.39 is 5.54 Å². The third-order valence-electron chi connectivity index (χ3n) is 8.07. The van der Waals surface area contributed by atoms with E-state index in [9.17, 15) is 9.59 Å². The Morgan fingerprint density at radius 3 is 2.69 bits per heavy atom. The van der Waals surface area contributed by atoms with Gasteiger partial charge in [-0.3, -0.25) is 24.5 Å². The molecule has 3 aromatic rings. The van der Waals surface area contributed by atoms with Crippen LogP contribution < -0.4 is 0 Å². The molecular formula is C29H27FN4O2. The molecule has 2 aliphatic carbocycles. The number of carbonyl (C=O) groups excluding carboxylic acids is 2. The molecule has 2 amide bonds. The Morgan fingerprint density at radius 2 is 1.92 bits per heavy atom. The normalized spacial score (nSPS) is 22.5. The van der Waals surface area contributed by atoms with Gasteiger partial charge < -0.3 is 4.90 Å². The van der Waals surface area contributed by atoms with Crippen molar-refractivity contribution in [3.05, 3.63) is 66.1 Å². The Bertz CT molecular complexity index is 1440. The topological polar surface area (TPSA) is 65.9 Å². The molecule has 0 N–H and O–H groups in total. The van der Waals surface area contributed by atoms with Crippen LogP contribution in [0.2, 0.25) is 0 Å². The van der Waals surface area contributed by atoms with Gasteiger partial charge in [-0.15, -0.1) is 0 Å². The highest BCUT2D eigenvalue weighted by Crippen LogP contribution is 2.46. The third kappa shape index (κ3) is 3.52. The number of likely N-dealkylation sites (tertiary alicyclic amines) is 1. The Balaban J connectivity index is 1.18. The van der Waals surface area contributed by atoms with Crippen LogP contribution in [0.3, 0.4) is 0 Å². The third-order valence-corrected chi connectivity index (χ3v) is 8.07. The number of aliphatic imine (C=N–C) groups is 1. The lowest BCUT2D eigenvalue weighted by atomic mass is 9.98. The quantitative estimate of drug-likeness (QED) is 0.541. The van der Waals surface area contributed by atoms with E-state index in [0.29, 0.717) is 37.3 Å². The van der Waals surface area contributed by atoms with Crippen molar-refractivity contribution in [1.29, 1.82) is 0 Å². The number of nitrogens with zero attached hydrogens (tertiary/aromatic N) is 4. The van der Waals surface area contributed by atoms with Crippen LogP contribution in [0, 0.1) is 17.7 Å². The van der Waals surface area contributed by atoms with Crippen LogP contribution in [0.1, 0.15) is 37.7 Å². The summed E-state index contributed by atoms with van der Waals surface area (Å²) >= 11 is 0. The van der Waals surface area contributed by atoms with E-state index in [4.69, 9.17) is 4.99 Å². The van der Waals surface area contributed by atoms with Crippen molar-refractivity contribution in [1.82, 2.24) is 14.8 Å². The molecule has 1 spiro atoms. The lowest BCUT2D eigenvalue weighted by Gasteiger charge is -2.24. The summed E-state index contributed by atoms with van der Waals surface area (Å²) in [4.78, 5) is 38.7. The lowest BCUT2D eigenvalue weighted by Crippen LogP contribution is -2.41. The maximum absolute atomic E-state index is 15.7. The van der Waals surface area contributed by atoms with Crippen molar-refractivity contribution in [3.63, 3.8) is 0 Å².